The molecule has 9 heteroatoms. The number of halogens is 1. The third-order valence-corrected chi connectivity index (χ3v) is 5.60. The van der Waals surface area contributed by atoms with E-state index in [1.807, 2.05) is 19.2 Å². The fourth-order valence-electron chi connectivity index (χ4n) is 2.33. The van der Waals surface area contributed by atoms with Crippen molar-refractivity contribution >= 4 is 34.1 Å². The van der Waals surface area contributed by atoms with Crippen LogP contribution in [-0.4, -0.2) is 30.9 Å². The average molecular weight is 391 g/mol. The number of anilines is 1. The lowest BCUT2D eigenvalue weighted by Gasteiger charge is -2.12. The Hall–Kier alpha value is -2.26. The van der Waals surface area contributed by atoms with E-state index in [4.69, 9.17) is 0 Å². The molecule has 0 aliphatic carbocycles. The average Bonchev–Trinajstić information content (AvgIpc) is 3.21. The zero-order valence-corrected chi connectivity index (χ0v) is 16.2. The number of benzene rings is 1. The van der Waals surface area contributed by atoms with Crippen molar-refractivity contribution in [2.24, 2.45) is 0 Å². The number of aromatic nitrogens is 4. The molecule has 0 saturated carbocycles. The van der Waals surface area contributed by atoms with Gasteiger partial charge >= 0.3 is 0 Å². The zero-order valence-electron chi connectivity index (χ0n) is 14.6. The van der Waals surface area contributed by atoms with Crippen LogP contribution in [-0.2, 0) is 11.3 Å². The van der Waals surface area contributed by atoms with Crippen LogP contribution in [0.25, 0.3) is 11.4 Å². The first-order chi connectivity index (χ1) is 12.5. The number of nitrogens with zero attached hydrogens (tertiary/aromatic N) is 4. The van der Waals surface area contributed by atoms with E-state index in [1.54, 1.807) is 29.7 Å². The minimum absolute atomic E-state index is 0.164. The van der Waals surface area contributed by atoms with Gasteiger partial charge in [0.05, 0.1) is 16.5 Å². The maximum atomic E-state index is 14.1. The van der Waals surface area contributed by atoms with Gasteiger partial charge in [-0.25, -0.2) is 9.37 Å². The number of thiazole rings is 1. The molecular weight excluding hydrogens is 373 g/mol. The first kappa shape index (κ1) is 18.5. The van der Waals surface area contributed by atoms with Crippen LogP contribution < -0.4 is 5.32 Å². The number of amides is 1. The highest BCUT2D eigenvalue weighted by Crippen LogP contribution is 2.28. The van der Waals surface area contributed by atoms with Crippen LogP contribution in [0.15, 0.2) is 34.8 Å². The van der Waals surface area contributed by atoms with Crippen LogP contribution in [0.2, 0.25) is 0 Å². The van der Waals surface area contributed by atoms with Gasteiger partial charge in [-0.1, -0.05) is 23.9 Å². The topological polar surface area (TPSA) is 72.7 Å². The summed E-state index contributed by atoms with van der Waals surface area (Å²) >= 11 is 2.67. The first-order valence-electron chi connectivity index (χ1n) is 8.07. The number of carbonyl (C=O) groups is 1. The number of thioether (sulfide) groups is 1. The molecule has 2 aromatic heterocycles. The summed E-state index contributed by atoms with van der Waals surface area (Å²) in [6, 6.07) is 6.45. The van der Waals surface area contributed by atoms with Gasteiger partial charge in [0.1, 0.15) is 5.82 Å². The molecule has 0 aliphatic rings. The molecule has 3 aromatic rings. The van der Waals surface area contributed by atoms with Crippen LogP contribution >= 0.6 is 23.1 Å². The standard InChI is InChI=1S/C17H18FN5OS2/c1-4-23-14(12-7-5-6-8-13(12)18)21-22-17(23)26-11(3)15(24)20-16-19-10(2)9-25-16/h5-9,11H,4H2,1-3H3,(H,19,20,24)/t11-/m1/s1. The maximum absolute atomic E-state index is 14.1. The van der Waals surface area contributed by atoms with Gasteiger partial charge < -0.3 is 9.88 Å². The molecule has 2 heterocycles. The Balaban J connectivity index is 1.77. The molecule has 0 radical (unpaired) electrons. The molecule has 6 nitrogen and oxygen atoms in total. The van der Waals surface area contributed by atoms with Gasteiger partial charge in [0, 0.05) is 11.9 Å². The monoisotopic (exact) mass is 391 g/mol. The quantitative estimate of drug-likeness (QED) is 0.643. The van der Waals surface area contributed by atoms with E-state index in [0.29, 0.717) is 28.2 Å². The number of aryl methyl sites for hydroxylation is 1. The Bertz CT molecular complexity index is 924. The number of nitrogens with one attached hydrogen (secondary N) is 1. The van der Waals surface area contributed by atoms with Crippen LogP contribution in [0.5, 0.6) is 0 Å². The number of hydrogen-bond acceptors (Lipinski definition) is 6. The molecule has 0 unspecified atom stereocenters. The summed E-state index contributed by atoms with van der Waals surface area (Å²) in [6.45, 7) is 6.16. The Morgan fingerprint density at radius 3 is 2.81 bits per heavy atom. The van der Waals surface area contributed by atoms with E-state index >= 15 is 0 Å². The highest BCUT2D eigenvalue weighted by molar-refractivity contribution is 8.00. The first-order valence-corrected chi connectivity index (χ1v) is 9.83. The smallest absolute Gasteiger partial charge is 0.239 e. The maximum Gasteiger partial charge on any atom is 0.239 e. The summed E-state index contributed by atoms with van der Waals surface area (Å²) in [5.41, 5.74) is 1.26. The van der Waals surface area contributed by atoms with Gasteiger partial charge in [-0.05, 0) is 32.9 Å². The van der Waals surface area contributed by atoms with Crippen molar-refractivity contribution in [1.29, 1.82) is 0 Å². The summed E-state index contributed by atoms with van der Waals surface area (Å²) in [5, 5.41) is 13.7. The van der Waals surface area contributed by atoms with Gasteiger partial charge in [-0.3, -0.25) is 4.79 Å². The van der Waals surface area contributed by atoms with Crippen LogP contribution in [0.3, 0.4) is 0 Å². The van der Waals surface area contributed by atoms with E-state index < -0.39 is 5.25 Å². The lowest BCUT2D eigenvalue weighted by molar-refractivity contribution is -0.115. The van der Waals surface area contributed by atoms with E-state index in [-0.39, 0.29) is 11.7 Å². The molecule has 1 atom stereocenters. The summed E-state index contributed by atoms with van der Waals surface area (Å²) < 4.78 is 15.9. The van der Waals surface area contributed by atoms with Crippen molar-refractivity contribution < 1.29 is 9.18 Å². The minimum atomic E-state index is -0.401. The molecule has 1 amide bonds. The van der Waals surface area contributed by atoms with E-state index in [2.05, 4.69) is 20.5 Å². The highest BCUT2D eigenvalue weighted by Gasteiger charge is 2.22. The molecule has 0 aliphatic heterocycles. The highest BCUT2D eigenvalue weighted by atomic mass is 32.2. The van der Waals surface area contributed by atoms with Gasteiger partial charge in [-0.15, -0.1) is 21.5 Å². The summed E-state index contributed by atoms with van der Waals surface area (Å²) in [5.74, 6) is -0.0604. The zero-order chi connectivity index (χ0) is 18.7. The SMILES string of the molecule is CCn1c(S[C@H](C)C(=O)Nc2nc(C)cs2)nnc1-c1ccccc1F. The predicted octanol–water partition coefficient (Wildman–Crippen LogP) is 3.99. The normalized spacial score (nSPS) is 12.2. The third-order valence-electron chi connectivity index (χ3n) is 3.65. The second kappa shape index (κ2) is 7.96. The molecule has 0 spiro atoms. The molecule has 0 bridgehead atoms. The van der Waals surface area contributed by atoms with Gasteiger partial charge in [0.2, 0.25) is 5.91 Å². The summed E-state index contributed by atoms with van der Waals surface area (Å²) in [6.07, 6.45) is 0. The van der Waals surface area contributed by atoms with E-state index in [9.17, 15) is 9.18 Å². The molecule has 26 heavy (non-hydrogen) atoms. The fourth-order valence-corrected chi connectivity index (χ4v) is 3.94. The van der Waals surface area contributed by atoms with Crippen molar-refractivity contribution in [1.82, 2.24) is 19.7 Å². The molecule has 1 aromatic carbocycles. The Morgan fingerprint density at radius 2 is 2.15 bits per heavy atom. The molecule has 3 rings (SSSR count). The van der Waals surface area contributed by atoms with Crippen molar-refractivity contribution in [3.8, 4) is 11.4 Å². The molecule has 0 fully saturated rings. The molecule has 0 saturated heterocycles. The largest absolute Gasteiger partial charge is 0.302 e. The van der Waals surface area contributed by atoms with Crippen molar-refractivity contribution in [3.63, 3.8) is 0 Å². The second-order valence-electron chi connectivity index (χ2n) is 5.57. The summed E-state index contributed by atoms with van der Waals surface area (Å²) in [7, 11) is 0. The molecule has 136 valence electrons. The van der Waals surface area contributed by atoms with Crippen molar-refractivity contribution in [3.05, 3.63) is 41.2 Å². The van der Waals surface area contributed by atoms with Crippen LogP contribution in [0.4, 0.5) is 9.52 Å². The van der Waals surface area contributed by atoms with Gasteiger partial charge in [-0.2, -0.15) is 0 Å². The Labute approximate surface area is 158 Å². The molecular formula is C17H18FN5OS2. The number of carbonyl (C=O) groups excluding carboxylic acids is 1. The lowest BCUT2D eigenvalue weighted by Crippen LogP contribution is -2.22. The van der Waals surface area contributed by atoms with E-state index in [1.165, 1.54) is 29.2 Å². The Kier molecular flexibility index (Phi) is 5.67. The Morgan fingerprint density at radius 1 is 1.38 bits per heavy atom. The number of rotatable bonds is 6. The van der Waals surface area contributed by atoms with Crippen LogP contribution in [0, 0.1) is 12.7 Å². The lowest BCUT2D eigenvalue weighted by atomic mass is 10.2. The minimum Gasteiger partial charge on any atom is -0.302 e. The van der Waals surface area contributed by atoms with Crippen molar-refractivity contribution in [2.75, 3.05) is 5.32 Å². The van der Waals surface area contributed by atoms with Gasteiger partial charge in [0.15, 0.2) is 16.1 Å². The summed E-state index contributed by atoms with van der Waals surface area (Å²) in [4.78, 5) is 16.6. The predicted molar refractivity (Wildman–Crippen MR) is 102 cm³/mol. The molecule has 1 N–H and O–H groups in total. The van der Waals surface area contributed by atoms with Gasteiger partial charge in [0.25, 0.3) is 0 Å². The fraction of sp³-hybridized carbons (Fsp3) is 0.294. The number of hydrogen-bond donors (Lipinski definition) is 1. The second-order valence-corrected chi connectivity index (χ2v) is 7.74. The third kappa shape index (κ3) is 3.94. The van der Waals surface area contributed by atoms with Crippen LogP contribution in [0.1, 0.15) is 19.5 Å². The van der Waals surface area contributed by atoms with Crippen molar-refractivity contribution in [2.45, 2.75) is 37.7 Å². The van der Waals surface area contributed by atoms with E-state index in [0.717, 1.165) is 5.69 Å².